The molecule has 0 atom stereocenters. The van der Waals surface area contributed by atoms with E-state index in [1.54, 1.807) is 14.2 Å². The zero-order chi connectivity index (χ0) is 14.1. The van der Waals surface area contributed by atoms with E-state index in [0.717, 1.165) is 38.4 Å². The molecule has 0 radical (unpaired) electrons. The van der Waals surface area contributed by atoms with Crippen molar-refractivity contribution in [2.75, 3.05) is 14.2 Å². The van der Waals surface area contributed by atoms with Crippen LogP contribution in [0, 0.1) is 0 Å². The minimum absolute atomic E-state index is 0.769. The third kappa shape index (κ3) is 2.25. The van der Waals surface area contributed by atoms with Crippen molar-refractivity contribution in [3.05, 3.63) is 40.9 Å². The number of rotatable bonds is 3. The maximum absolute atomic E-state index is 5.41. The second-order valence-corrected chi connectivity index (χ2v) is 5.23. The fraction of sp³-hybridized carbons (Fsp3) is 0.133. The molecule has 4 nitrogen and oxygen atoms in total. The van der Waals surface area contributed by atoms with Crippen LogP contribution in [-0.4, -0.2) is 24.2 Å². The Morgan fingerprint density at radius 3 is 2.65 bits per heavy atom. The van der Waals surface area contributed by atoms with E-state index in [1.165, 1.54) is 0 Å². The molecule has 2 aromatic carbocycles. The van der Waals surface area contributed by atoms with E-state index in [9.17, 15) is 0 Å². The maximum Gasteiger partial charge on any atom is 0.142 e. The van der Waals surface area contributed by atoms with Gasteiger partial charge in [-0.3, -0.25) is 0 Å². The molecule has 3 rings (SSSR count). The van der Waals surface area contributed by atoms with Gasteiger partial charge in [-0.1, -0.05) is 15.9 Å². The van der Waals surface area contributed by atoms with E-state index in [0.29, 0.717) is 0 Å². The number of nitrogens with zero attached hydrogens (tertiary/aromatic N) is 1. The first kappa shape index (κ1) is 13.0. The Balaban J connectivity index is 2.14. The molecule has 5 heteroatoms. The van der Waals surface area contributed by atoms with Gasteiger partial charge in [0.25, 0.3) is 0 Å². The second-order valence-electron chi connectivity index (χ2n) is 4.31. The molecule has 1 heterocycles. The molecule has 0 spiro atoms. The van der Waals surface area contributed by atoms with Crippen molar-refractivity contribution in [2.45, 2.75) is 0 Å². The van der Waals surface area contributed by atoms with Crippen molar-refractivity contribution < 1.29 is 9.47 Å². The topological polar surface area (TPSA) is 47.1 Å². The molecule has 0 amide bonds. The number of hydrogen-bond donors (Lipinski definition) is 1. The van der Waals surface area contributed by atoms with Gasteiger partial charge in [0.1, 0.15) is 17.3 Å². The van der Waals surface area contributed by atoms with Gasteiger partial charge in [0, 0.05) is 10.5 Å². The molecule has 0 aliphatic carbocycles. The van der Waals surface area contributed by atoms with Crippen LogP contribution in [0.3, 0.4) is 0 Å². The molecule has 0 aliphatic heterocycles. The molecular formula is C15H13BrN2O2. The fourth-order valence-electron chi connectivity index (χ4n) is 2.10. The lowest BCUT2D eigenvalue weighted by molar-refractivity contribution is 0.415. The normalized spacial score (nSPS) is 10.8. The van der Waals surface area contributed by atoms with Crippen LogP contribution >= 0.6 is 15.9 Å². The van der Waals surface area contributed by atoms with E-state index in [4.69, 9.17) is 9.47 Å². The van der Waals surface area contributed by atoms with Crippen LogP contribution in [0.1, 0.15) is 0 Å². The lowest BCUT2D eigenvalue weighted by Crippen LogP contribution is -1.89. The Bertz CT molecular complexity index is 768. The zero-order valence-electron chi connectivity index (χ0n) is 11.1. The average Bonchev–Trinajstić information content (AvgIpc) is 2.89. The van der Waals surface area contributed by atoms with Gasteiger partial charge in [-0.05, 0) is 30.3 Å². The average molecular weight is 333 g/mol. The van der Waals surface area contributed by atoms with Gasteiger partial charge in [0.15, 0.2) is 0 Å². The highest BCUT2D eigenvalue weighted by molar-refractivity contribution is 9.10. The largest absolute Gasteiger partial charge is 0.497 e. The van der Waals surface area contributed by atoms with Gasteiger partial charge < -0.3 is 14.5 Å². The van der Waals surface area contributed by atoms with Crippen molar-refractivity contribution in [2.24, 2.45) is 0 Å². The van der Waals surface area contributed by atoms with E-state index in [-0.39, 0.29) is 0 Å². The molecule has 102 valence electrons. The number of hydrogen-bond acceptors (Lipinski definition) is 3. The number of aromatic amines is 1. The van der Waals surface area contributed by atoms with E-state index in [2.05, 4.69) is 25.9 Å². The Labute approximate surface area is 124 Å². The summed E-state index contributed by atoms with van der Waals surface area (Å²) in [5.41, 5.74) is 2.75. The molecule has 3 aromatic rings. The van der Waals surface area contributed by atoms with E-state index < -0.39 is 0 Å². The summed E-state index contributed by atoms with van der Waals surface area (Å²) in [6, 6.07) is 11.6. The van der Waals surface area contributed by atoms with Crippen LogP contribution in [0.5, 0.6) is 11.5 Å². The molecule has 0 fully saturated rings. The molecule has 0 saturated carbocycles. The zero-order valence-corrected chi connectivity index (χ0v) is 12.7. The number of imidazole rings is 1. The van der Waals surface area contributed by atoms with Gasteiger partial charge in [-0.25, -0.2) is 4.98 Å². The summed E-state index contributed by atoms with van der Waals surface area (Å²) < 4.78 is 11.6. The van der Waals surface area contributed by atoms with Gasteiger partial charge in [0.05, 0.1) is 30.8 Å². The summed E-state index contributed by atoms with van der Waals surface area (Å²) in [5, 5.41) is 0. The quantitative estimate of drug-likeness (QED) is 0.788. The van der Waals surface area contributed by atoms with Crippen LogP contribution < -0.4 is 9.47 Å². The Hall–Kier alpha value is -2.01. The van der Waals surface area contributed by atoms with Crippen molar-refractivity contribution in [3.63, 3.8) is 0 Å². The standard InChI is InChI=1S/C15H13BrN2O2/c1-19-10-4-6-12-13(8-10)18-15(17-12)11-5-3-9(16)7-14(11)20-2/h3-8H,1-2H3,(H,17,18). The summed E-state index contributed by atoms with van der Waals surface area (Å²) in [5.74, 6) is 2.35. The molecule has 0 unspecified atom stereocenters. The lowest BCUT2D eigenvalue weighted by Gasteiger charge is -2.06. The smallest absolute Gasteiger partial charge is 0.142 e. The van der Waals surface area contributed by atoms with Crippen LogP contribution in [0.15, 0.2) is 40.9 Å². The summed E-state index contributed by atoms with van der Waals surface area (Å²) in [7, 11) is 3.30. The van der Waals surface area contributed by atoms with Gasteiger partial charge >= 0.3 is 0 Å². The number of halogens is 1. The van der Waals surface area contributed by atoms with Crippen molar-refractivity contribution >= 4 is 27.0 Å². The maximum atomic E-state index is 5.41. The monoisotopic (exact) mass is 332 g/mol. The Morgan fingerprint density at radius 1 is 1.05 bits per heavy atom. The first-order chi connectivity index (χ1) is 9.71. The number of ether oxygens (including phenoxy) is 2. The summed E-state index contributed by atoms with van der Waals surface area (Å²) >= 11 is 3.44. The SMILES string of the molecule is COc1ccc2nc(-c3ccc(Br)cc3OC)[nH]c2c1. The van der Waals surface area contributed by atoms with Crippen molar-refractivity contribution in [1.29, 1.82) is 0 Å². The summed E-state index contributed by atoms with van der Waals surface area (Å²) in [6.07, 6.45) is 0. The minimum atomic E-state index is 0.769. The number of methoxy groups -OCH3 is 2. The van der Waals surface area contributed by atoms with Crippen molar-refractivity contribution in [3.8, 4) is 22.9 Å². The first-order valence-electron chi connectivity index (χ1n) is 6.09. The highest BCUT2D eigenvalue weighted by atomic mass is 79.9. The van der Waals surface area contributed by atoms with Gasteiger partial charge in [-0.2, -0.15) is 0 Å². The molecule has 1 aromatic heterocycles. The number of aromatic nitrogens is 2. The third-order valence-electron chi connectivity index (χ3n) is 3.11. The summed E-state index contributed by atoms with van der Waals surface area (Å²) in [6.45, 7) is 0. The van der Waals surface area contributed by atoms with Crippen molar-refractivity contribution in [1.82, 2.24) is 9.97 Å². The van der Waals surface area contributed by atoms with Crippen LogP contribution in [0.4, 0.5) is 0 Å². The van der Waals surface area contributed by atoms with Gasteiger partial charge in [0.2, 0.25) is 0 Å². The minimum Gasteiger partial charge on any atom is -0.497 e. The third-order valence-corrected chi connectivity index (χ3v) is 3.60. The molecule has 0 bridgehead atoms. The Kier molecular flexibility index (Phi) is 3.36. The predicted molar refractivity (Wildman–Crippen MR) is 82.3 cm³/mol. The number of fused-ring (bicyclic) bond motifs is 1. The fourth-order valence-corrected chi connectivity index (χ4v) is 2.44. The lowest BCUT2D eigenvalue weighted by atomic mass is 10.2. The molecule has 20 heavy (non-hydrogen) atoms. The molecule has 0 saturated heterocycles. The highest BCUT2D eigenvalue weighted by Gasteiger charge is 2.11. The number of benzene rings is 2. The van der Waals surface area contributed by atoms with E-state index >= 15 is 0 Å². The Morgan fingerprint density at radius 2 is 1.90 bits per heavy atom. The molecular weight excluding hydrogens is 320 g/mol. The van der Waals surface area contributed by atoms with Crippen LogP contribution in [-0.2, 0) is 0 Å². The molecule has 0 aliphatic rings. The van der Waals surface area contributed by atoms with Crippen LogP contribution in [0.25, 0.3) is 22.4 Å². The number of nitrogens with one attached hydrogen (secondary N) is 1. The van der Waals surface area contributed by atoms with E-state index in [1.807, 2.05) is 36.4 Å². The highest BCUT2D eigenvalue weighted by Crippen LogP contribution is 2.32. The number of H-pyrrole nitrogens is 1. The first-order valence-corrected chi connectivity index (χ1v) is 6.88. The second kappa shape index (κ2) is 5.17. The summed E-state index contributed by atoms with van der Waals surface area (Å²) in [4.78, 5) is 7.88. The van der Waals surface area contributed by atoms with Gasteiger partial charge in [-0.15, -0.1) is 0 Å². The molecule has 1 N–H and O–H groups in total. The predicted octanol–water partition coefficient (Wildman–Crippen LogP) is 4.01. The van der Waals surface area contributed by atoms with Crippen LogP contribution in [0.2, 0.25) is 0 Å².